The number of nitro benzene ring substituents is 1. The maximum Gasteiger partial charge on any atom is 0.311 e. The summed E-state index contributed by atoms with van der Waals surface area (Å²) in [6, 6.07) is 4.59. The lowest BCUT2D eigenvalue weighted by Gasteiger charge is -2.34. The smallest absolute Gasteiger partial charge is 0.311 e. The van der Waals surface area contributed by atoms with Crippen molar-refractivity contribution in [3.05, 3.63) is 116 Å². The Morgan fingerprint density at radius 2 is 0.928 bits per heavy atom. The molecule has 0 aliphatic heterocycles. The van der Waals surface area contributed by atoms with Crippen LogP contribution in [0.4, 0.5) is 5.69 Å². The molecule has 0 heterocycles. The number of nitrogens with one attached hydrogen (secondary N) is 11. The summed E-state index contributed by atoms with van der Waals surface area (Å²) in [6.45, 7) is 1.17. The molecule has 43 heteroatoms. The molecular formula is C68H80Cl6N12O24S. The summed E-state index contributed by atoms with van der Waals surface area (Å²) >= 11 is 43.6. The SMILES string of the molecule is CC[C@H](C)[C@H](NC(=O)[C@H](CCC(=O)O)NC(=O)[C@H](CCC(=O)O)NC(=O)[C@H](CCC(=O)O)NC(=O)c1ccc(OC)c([N+](=O)[O-])c1)C(=O)N[C@@H](Cc1ccccc1)C(=O)NCC(=O)N[C@@H](CCC(=O)O)C(=O)N[C@@H](Cc1ccccc1)C(=O)N[C@@H](CNC(=O)C1C(C(=O)O)[C@]2(Cl)C(Cl)=C(Cl)[C@@]1(Cl)C2(Cl)Cl)C(=O)NCCS. The van der Waals surface area contributed by atoms with Crippen LogP contribution in [0.25, 0.3) is 0 Å². The topological polar surface area (TPSA) is 559 Å². The van der Waals surface area contributed by atoms with Gasteiger partial charge in [-0.15, -0.1) is 23.2 Å². The van der Waals surface area contributed by atoms with Crippen LogP contribution in [0.15, 0.2) is 88.9 Å². The fourth-order valence-corrected chi connectivity index (χ4v) is 14.8. The number of ether oxygens (including phenoxy) is 1. The first-order valence-electron chi connectivity index (χ1n) is 33.9. The lowest BCUT2D eigenvalue weighted by Crippen LogP contribution is -2.61. The summed E-state index contributed by atoms with van der Waals surface area (Å²) < 4.78 is 2.43. The maximum atomic E-state index is 14.6. The molecule has 1 saturated carbocycles. The highest BCUT2D eigenvalue weighted by molar-refractivity contribution is 7.80. The summed E-state index contributed by atoms with van der Waals surface area (Å²) in [6.07, 6.45) is -6.57. The quantitative estimate of drug-likeness (QED) is 0.0165. The number of fused-ring (bicyclic) bond motifs is 2. The predicted octanol–water partition coefficient (Wildman–Crippen LogP) is 1.53. The van der Waals surface area contributed by atoms with Gasteiger partial charge in [0.1, 0.15) is 58.1 Å². The van der Waals surface area contributed by atoms with Crippen molar-refractivity contribution in [1.29, 1.82) is 0 Å². The Labute approximate surface area is 667 Å². The molecule has 0 spiro atoms. The number of rotatable bonds is 45. The molecule has 111 heavy (non-hydrogen) atoms. The van der Waals surface area contributed by atoms with E-state index in [1.807, 2.05) is 0 Å². The number of amides is 11. The van der Waals surface area contributed by atoms with E-state index in [9.17, 15) is 112 Å². The van der Waals surface area contributed by atoms with E-state index in [0.717, 1.165) is 25.3 Å². The number of carboxylic acid groups (broad SMARTS) is 5. The van der Waals surface area contributed by atoms with Gasteiger partial charge in [-0.2, -0.15) is 12.6 Å². The maximum absolute atomic E-state index is 14.6. The number of allylic oxidation sites excluding steroid dienone is 2. The molecule has 2 aliphatic carbocycles. The first-order chi connectivity index (χ1) is 52.2. The van der Waals surface area contributed by atoms with Crippen LogP contribution in [0.2, 0.25) is 0 Å². The molecular weight excluding hydrogens is 1610 g/mol. The number of carbonyl (C=O) groups is 16. The number of nitrogens with zero attached hydrogens (tertiary/aromatic N) is 1. The zero-order chi connectivity index (χ0) is 83.0. The van der Waals surface area contributed by atoms with Crippen LogP contribution < -0.4 is 63.2 Å². The number of methoxy groups -OCH3 is 1. The van der Waals surface area contributed by atoms with Gasteiger partial charge in [0.15, 0.2) is 10.1 Å². The average molecular weight is 1690 g/mol. The van der Waals surface area contributed by atoms with Gasteiger partial charge in [0.05, 0.1) is 40.5 Å². The lowest BCUT2D eigenvalue weighted by atomic mass is 9.81. The molecule has 2 bridgehead atoms. The number of thiol groups is 1. The predicted molar refractivity (Wildman–Crippen MR) is 399 cm³/mol. The second-order valence-corrected chi connectivity index (χ2v) is 29.2. The number of benzene rings is 3. The highest BCUT2D eigenvalue weighted by Crippen LogP contribution is 2.76. The van der Waals surface area contributed by atoms with Gasteiger partial charge < -0.3 is 88.8 Å². The molecule has 0 aromatic heterocycles. The first-order valence-corrected chi connectivity index (χ1v) is 36.8. The normalized spacial score (nSPS) is 19.0. The molecule has 13 atom stereocenters. The number of nitro groups is 1. The second-order valence-electron chi connectivity index (χ2n) is 25.5. The molecule has 2 aliphatic rings. The van der Waals surface area contributed by atoms with E-state index < -0.39 is 266 Å². The zero-order valence-corrected chi connectivity index (χ0v) is 64.5. The minimum Gasteiger partial charge on any atom is -0.490 e. The Hall–Kier alpha value is -9.79. The first kappa shape index (κ1) is 91.8. The molecule has 11 amide bonds. The molecule has 3 aromatic rings. The monoisotopic (exact) mass is 1690 g/mol. The number of carbonyl (C=O) groups excluding carboxylic acids is 11. The van der Waals surface area contributed by atoms with Crippen molar-refractivity contribution < 1.29 is 112 Å². The third kappa shape index (κ3) is 24.4. The van der Waals surface area contributed by atoms with Crippen LogP contribution in [0.1, 0.15) is 93.1 Å². The minimum atomic E-state index is -2.52. The summed E-state index contributed by atoms with van der Waals surface area (Å²) in [4.78, 5) is 222. The number of hydrogen-bond acceptors (Lipinski definition) is 20. The Morgan fingerprint density at radius 1 is 0.523 bits per heavy atom. The van der Waals surface area contributed by atoms with E-state index in [0.29, 0.717) is 11.1 Å². The highest BCUT2D eigenvalue weighted by atomic mass is 35.5. The van der Waals surface area contributed by atoms with E-state index in [4.69, 9.17) is 74.3 Å². The van der Waals surface area contributed by atoms with E-state index in [1.54, 1.807) is 67.6 Å². The molecule has 1 fully saturated rings. The summed E-state index contributed by atoms with van der Waals surface area (Å²) in [5.41, 5.74) is -0.246. The van der Waals surface area contributed by atoms with E-state index in [-0.39, 0.29) is 37.3 Å². The lowest BCUT2D eigenvalue weighted by molar-refractivity contribution is -0.385. The molecule has 5 rings (SSSR count). The van der Waals surface area contributed by atoms with Gasteiger partial charge >= 0.3 is 35.5 Å². The van der Waals surface area contributed by atoms with E-state index in [1.165, 1.54) is 6.92 Å². The Bertz CT molecular complexity index is 4060. The largest absolute Gasteiger partial charge is 0.490 e. The van der Waals surface area contributed by atoms with Gasteiger partial charge in [0.2, 0.25) is 59.1 Å². The fraction of sp³-hybridized carbons (Fsp3) is 0.471. The van der Waals surface area contributed by atoms with Crippen LogP contribution in [-0.2, 0) is 84.8 Å². The van der Waals surface area contributed by atoms with Crippen LogP contribution in [0, 0.1) is 27.9 Å². The standard InChI is InChI=1S/C68H80Cl6N12O24S/c1-4-32(2)52(85-61(102)39(19-24-49(94)95)81-60(101)38(18-23-48(92)93)80-59(100)37(17-22-47(90)91)79-55(96)35-15-20-44(110-3)43(29-35)86(108)109)64(105)83-40(27-33-11-7-5-8-12-33)56(97)77-31-45(87)78-36(16-21-46(88)89)58(99)82-41(28-34-13-9-6-10-14-34)62(103)84-42(57(98)75-25-26-111)30-76-63(104)50-51(65(106)107)67(72)54(70)53(69)66(50,71)68(67,73)74/h5-15,20,29,32,36-42,50-52,111H,4,16-19,21-28,30-31H2,1-3H3,(H,75,98)(H,76,104)(H,77,97)(H,78,87)(H,79,96)(H,80,100)(H,81,101)(H,82,99)(H,83,105)(H,84,103)(H,85,102)(H,88,89)(H,90,91)(H,92,93)(H,94,95)(H,106,107)/t32-,36-,37-,38-,39-,40-,41-,42-,50?,51?,52-,66+,67-/m0/s1. The highest BCUT2D eigenvalue weighted by Gasteiger charge is 2.85. The van der Waals surface area contributed by atoms with Gasteiger partial charge in [-0.1, -0.05) is 127 Å². The Morgan fingerprint density at radius 3 is 1.37 bits per heavy atom. The van der Waals surface area contributed by atoms with E-state index >= 15 is 0 Å². The molecule has 16 N–H and O–H groups in total. The number of carboxylic acids is 5. The summed E-state index contributed by atoms with van der Waals surface area (Å²) in [5.74, 6) is -25.4. The van der Waals surface area contributed by atoms with Crippen molar-refractivity contribution in [2.24, 2.45) is 17.8 Å². The van der Waals surface area contributed by atoms with Crippen LogP contribution in [-0.4, -0.2) is 220 Å². The van der Waals surface area contributed by atoms with Gasteiger partial charge in [-0.25, -0.2) is 0 Å². The minimum absolute atomic E-state index is 0.0647. The molecule has 0 radical (unpaired) electrons. The van der Waals surface area contributed by atoms with Gasteiger partial charge in [0.25, 0.3) is 5.91 Å². The van der Waals surface area contributed by atoms with Crippen LogP contribution >= 0.6 is 82.2 Å². The molecule has 2 unspecified atom stereocenters. The number of halogens is 6. The summed E-state index contributed by atoms with van der Waals surface area (Å²) in [7, 11) is 1.12. The van der Waals surface area contributed by atoms with Gasteiger partial charge in [-0.3, -0.25) is 86.8 Å². The second kappa shape index (κ2) is 42.0. The number of aliphatic carboxylic acids is 5. The van der Waals surface area contributed by atoms with Crippen LogP contribution in [0.5, 0.6) is 5.75 Å². The van der Waals surface area contributed by atoms with Gasteiger partial charge in [0, 0.05) is 69.0 Å². The van der Waals surface area contributed by atoms with Crippen molar-refractivity contribution in [2.75, 3.05) is 32.5 Å². The van der Waals surface area contributed by atoms with E-state index in [2.05, 4.69) is 71.1 Å². The Kier molecular flexibility index (Phi) is 34.8. The van der Waals surface area contributed by atoms with Crippen molar-refractivity contribution in [3.8, 4) is 5.75 Å². The Balaban J connectivity index is 1.36. The third-order valence-electron chi connectivity index (χ3n) is 17.8. The molecule has 3 aromatic carbocycles. The van der Waals surface area contributed by atoms with Crippen molar-refractivity contribution >= 4 is 183 Å². The number of hydrogen-bond donors (Lipinski definition) is 17. The van der Waals surface area contributed by atoms with Crippen molar-refractivity contribution in [1.82, 2.24) is 58.5 Å². The van der Waals surface area contributed by atoms with Crippen molar-refractivity contribution in [3.63, 3.8) is 0 Å². The molecule has 36 nitrogen and oxygen atoms in total. The summed E-state index contributed by atoms with van der Waals surface area (Å²) in [5, 5.41) is 85.7. The number of alkyl halides is 4. The average Bonchev–Trinajstić information content (AvgIpc) is 1.48. The molecule has 0 saturated heterocycles. The van der Waals surface area contributed by atoms with Crippen molar-refractivity contribution in [2.45, 2.75) is 147 Å². The van der Waals surface area contributed by atoms with Crippen LogP contribution in [0.3, 0.4) is 0 Å². The third-order valence-corrected chi connectivity index (χ3v) is 22.3. The fourth-order valence-electron chi connectivity index (χ4n) is 11.8. The van der Waals surface area contributed by atoms with Gasteiger partial charge in [-0.05, 0) is 54.9 Å². The molecule has 604 valence electrons. The zero-order valence-electron chi connectivity index (χ0n) is 59.1.